The highest BCUT2D eigenvalue weighted by Gasteiger charge is 2.30. The summed E-state index contributed by atoms with van der Waals surface area (Å²) in [4.78, 5) is 73.3. The molecule has 0 saturated carbocycles. The Labute approximate surface area is 664 Å². The van der Waals surface area contributed by atoms with Crippen LogP contribution >= 0.6 is 15.6 Å². The van der Waals surface area contributed by atoms with Gasteiger partial charge in [-0.1, -0.05) is 439 Å². The van der Waals surface area contributed by atoms with Crippen LogP contribution in [0.15, 0.2) is 0 Å². The van der Waals surface area contributed by atoms with Crippen LogP contribution in [-0.4, -0.2) is 96.7 Å². The number of rotatable bonds is 90. The van der Waals surface area contributed by atoms with Crippen LogP contribution in [0.4, 0.5) is 0 Å². The molecule has 108 heavy (non-hydrogen) atoms. The molecule has 0 aliphatic rings. The van der Waals surface area contributed by atoms with Crippen LogP contribution in [0.2, 0.25) is 0 Å². The first-order chi connectivity index (χ1) is 52.7. The third kappa shape index (κ3) is 82.1. The predicted molar refractivity (Wildman–Crippen MR) is 446 cm³/mol. The van der Waals surface area contributed by atoms with Crippen molar-refractivity contribution < 1.29 is 80.2 Å². The van der Waals surface area contributed by atoms with Gasteiger partial charge in [-0.3, -0.25) is 37.3 Å². The van der Waals surface area contributed by atoms with E-state index in [2.05, 4.69) is 27.7 Å². The number of esters is 4. The Morgan fingerprint density at radius 3 is 0.546 bits per heavy atom. The summed E-state index contributed by atoms with van der Waals surface area (Å²) < 4.78 is 69.0. The molecule has 0 spiro atoms. The molecule has 0 aliphatic carbocycles. The lowest BCUT2D eigenvalue weighted by molar-refractivity contribution is -0.161. The summed E-state index contributed by atoms with van der Waals surface area (Å²) >= 11 is 0. The van der Waals surface area contributed by atoms with Crippen LogP contribution in [0.1, 0.15) is 490 Å². The highest BCUT2D eigenvalue weighted by Crippen LogP contribution is 2.45. The SMILES string of the molecule is CCCCCCCCCCCCCCCCCCCCCCC(=O)OC[C@H](COP(=O)(O)OC[C@@H](O)COP(=O)(O)OC[C@@H](COC(=O)CCCCCCCCCCCC)OC(=O)CCCCCCCCCCCCCCCCCCCC)OC(=O)CCCCCCCCCCCCCCCCCCCCCC. The second-order valence-corrected chi connectivity index (χ2v) is 34.9. The minimum absolute atomic E-state index is 0.109. The van der Waals surface area contributed by atoms with E-state index in [9.17, 15) is 43.2 Å². The average molecular weight is 1580 g/mol. The molecule has 0 bridgehead atoms. The topological polar surface area (TPSA) is 237 Å². The molecule has 0 heterocycles. The third-order valence-corrected chi connectivity index (χ3v) is 23.0. The maximum Gasteiger partial charge on any atom is 0.472 e. The van der Waals surface area contributed by atoms with Gasteiger partial charge in [0.15, 0.2) is 12.2 Å². The monoisotopic (exact) mass is 1580 g/mol. The Morgan fingerprint density at radius 1 is 0.222 bits per heavy atom. The number of phosphoric acid groups is 2. The first-order valence-corrected chi connectivity index (χ1v) is 49.3. The number of hydrogen-bond donors (Lipinski definition) is 3. The van der Waals surface area contributed by atoms with Crippen molar-refractivity contribution in [2.75, 3.05) is 39.6 Å². The van der Waals surface area contributed by atoms with E-state index in [1.165, 1.54) is 321 Å². The number of aliphatic hydroxyl groups is 1. The summed E-state index contributed by atoms with van der Waals surface area (Å²) in [5.74, 6) is -2.09. The number of ether oxygens (including phenoxy) is 4. The van der Waals surface area contributed by atoms with Crippen molar-refractivity contribution in [1.82, 2.24) is 0 Å². The van der Waals surface area contributed by atoms with Crippen LogP contribution in [0.3, 0.4) is 0 Å². The summed E-state index contributed by atoms with van der Waals surface area (Å²) in [5.41, 5.74) is 0. The van der Waals surface area contributed by atoms with Crippen molar-refractivity contribution >= 4 is 39.5 Å². The summed E-state index contributed by atoms with van der Waals surface area (Å²) in [7, 11) is -9.93. The van der Waals surface area contributed by atoms with Crippen molar-refractivity contribution in [3.63, 3.8) is 0 Å². The average Bonchev–Trinajstić information content (AvgIpc) is 0.901. The molecule has 0 saturated heterocycles. The molecule has 5 atom stereocenters. The van der Waals surface area contributed by atoms with Crippen molar-refractivity contribution in [1.29, 1.82) is 0 Å². The minimum Gasteiger partial charge on any atom is -0.462 e. The zero-order valence-electron chi connectivity index (χ0n) is 70.8. The lowest BCUT2D eigenvalue weighted by Gasteiger charge is -2.21. The zero-order valence-corrected chi connectivity index (χ0v) is 72.6. The second-order valence-electron chi connectivity index (χ2n) is 32.0. The van der Waals surface area contributed by atoms with E-state index in [0.717, 1.165) is 89.9 Å². The molecular formula is C89H174O17P2. The first-order valence-electron chi connectivity index (χ1n) is 46.3. The summed E-state index contributed by atoms with van der Waals surface area (Å²) in [5, 5.41) is 10.7. The van der Waals surface area contributed by atoms with Gasteiger partial charge in [-0.15, -0.1) is 0 Å². The lowest BCUT2D eigenvalue weighted by atomic mass is 10.0. The molecule has 0 aromatic heterocycles. The molecular weight excluding hydrogens is 1400 g/mol. The van der Waals surface area contributed by atoms with E-state index in [1.807, 2.05) is 0 Å². The number of unbranched alkanes of at least 4 members (excludes halogenated alkanes) is 64. The van der Waals surface area contributed by atoms with E-state index >= 15 is 0 Å². The number of carbonyl (C=O) groups is 4. The van der Waals surface area contributed by atoms with E-state index in [4.69, 9.17) is 37.0 Å². The molecule has 0 aromatic rings. The van der Waals surface area contributed by atoms with Gasteiger partial charge in [-0.25, -0.2) is 9.13 Å². The van der Waals surface area contributed by atoms with Gasteiger partial charge >= 0.3 is 39.5 Å². The molecule has 0 aromatic carbocycles. The first kappa shape index (κ1) is 106. The van der Waals surface area contributed by atoms with Gasteiger partial charge in [0.2, 0.25) is 0 Å². The minimum atomic E-state index is -4.97. The van der Waals surface area contributed by atoms with Gasteiger partial charge in [0.1, 0.15) is 19.3 Å². The van der Waals surface area contributed by atoms with Crippen molar-refractivity contribution in [2.45, 2.75) is 508 Å². The van der Waals surface area contributed by atoms with Gasteiger partial charge in [0.25, 0.3) is 0 Å². The van der Waals surface area contributed by atoms with Crippen molar-refractivity contribution in [2.24, 2.45) is 0 Å². The Balaban J connectivity index is 5.21. The number of aliphatic hydroxyl groups excluding tert-OH is 1. The second kappa shape index (κ2) is 83.0. The molecule has 0 radical (unpaired) electrons. The van der Waals surface area contributed by atoms with Crippen molar-refractivity contribution in [3.05, 3.63) is 0 Å². The van der Waals surface area contributed by atoms with Gasteiger partial charge < -0.3 is 33.8 Å². The van der Waals surface area contributed by atoms with Gasteiger partial charge in [-0.05, 0) is 25.7 Å². The summed E-state index contributed by atoms with van der Waals surface area (Å²) in [6.45, 7) is 5.07. The summed E-state index contributed by atoms with van der Waals surface area (Å²) in [6, 6.07) is 0. The van der Waals surface area contributed by atoms with Gasteiger partial charge in [-0.2, -0.15) is 0 Å². The van der Waals surface area contributed by atoms with Crippen molar-refractivity contribution in [3.8, 4) is 0 Å². The predicted octanol–water partition coefficient (Wildman–Crippen LogP) is 27.7. The maximum atomic E-state index is 13.2. The molecule has 17 nitrogen and oxygen atoms in total. The lowest BCUT2D eigenvalue weighted by Crippen LogP contribution is -2.30. The molecule has 0 aliphatic heterocycles. The van der Waals surface area contributed by atoms with E-state index in [1.54, 1.807) is 0 Å². The summed E-state index contributed by atoms with van der Waals surface area (Å²) in [6.07, 6.45) is 79.3. The Bertz CT molecular complexity index is 2030. The van der Waals surface area contributed by atoms with Crippen LogP contribution in [0.5, 0.6) is 0 Å². The van der Waals surface area contributed by atoms with E-state index in [-0.39, 0.29) is 25.7 Å². The smallest absolute Gasteiger partial charge is 0.462 e. The Hall–Kier alpha value is -1.94. The molecule has 0 fully saturated rings. The fourth-order valence-electron chi connectivity index (χ4n) is 14.1. The van der Waals surface area contributed by atoms with Crippen LogP contribution in [-0.2, 0) is 65.4 Å². The molecule has 0 amide bonds. The van der Waals surface area contributed by atoms with Crippen LogP contribution < -0.4 is 0 Å². The number of carbonyl (C=O) groups excluding carboxylic acids is 4. The quantitative estimate of drug-likeness (QED) is 0.0222. The standard InChI is InChI=1S/C89H174O17P2/c1-5-9-13-17-21-25-29-32-35-38-41-43-46-48-51-54-58-62-66-70-74-87(92)100-80-85(106-89(94)76-72-68-64-60-56-53-50-47-44-42-39-36-33-30-26-22-18-14-10-6-2)82-104-108(97,98)102-78-83(90)77-101-107(95,96)103-81-84(79-99-86(91)73-69-65-61-57-28-24-20-16-12-8-4)105-88(93)75-71-67-63-59-55-52-49-45-40-37-34-31-27-23-19-15-11-7-3/h83-85,90H,5-82H2,1-4H3,(H,95,96)(H,97,98)/t83-,84+,85+/m0/s1. The van der Waals surface area contributed by atoms with Gasteiger partial charge in [0.05, 0.1) is 26.4 Å². The number of phosphoric ester groups is 2. The third-order valence-electron chi connectivity index (χ3n) is 21.1. The highest BCUT2D eigenvalue weighted by molar-refractivity contribution is 7.47. The van der Waals surface area contributed by atoms with Crippen LogP contribution in [0, 0.1) is 0 Å². The molecule has 642 valence electrons. The molecule has 2 unspecified atom stereocenters. The molecule has 19 heteroatoms. The normalized spacial score (nSPS) is 13.7. The van der Waals surface area contributed by atoms with Crippen LogP contribution in [0.25, 0.3) is 0 Å². The Morgan fingerprint density at radius 2 is 0.370 bits per heavy atom. The molecule has 3 N–H and O–H groups in total. The van der Waals surface area contributed by atoms with E-state index < -0.39 is 97.5 Å². The van der Waals surface area contributed by atoms with E-state index in [0.29, 0.717) is 25.7 Å². The fraction of sp³-hybridized carbons (Fsp3) is 0.955. The molecule has 0 rings (SSSR count). The zero-order chi connectivity index (χ0) is 78.9. The fourth-order valence-corrected chi connectivity index (χ4v) is 15.6. The van der Waals surface area contributed by atoms with Gasteiger partial charge in [0, 0.05) is 25.7 Å². The number of hydrogen-bond acceptors (Lipinski definition) is 15. The maximum absolute atomic E-state index is 13.2. The largest absolute Gasteiger partial charge is 0.472 e. The highest BCUT2D eigenvalue weighted by atomic mass is 31.2. The Kier molecular flexibility index (Phi) is 81.5.